The highest BCUT2D eigenvalue weighted by Crippen LogP contribution is 1.94. The summed E-state index contributed by atoms with van der Waals surface area (Å²) in [5.41, 5.74) is 0. The van der Waals surface area contributed by atoms with Gasteiger partial charge in [0.25, 0.3) is 0 Å². The molecule has 0 fully saturated rings. The van der Waals surface area contributed by atoms with E-state index in [0.29, 0.717) is 0 Å². The van der Waals surface area contributed by atoms with Crippen LogP contribution < -0.4 is 4.72 Å². The van der Waals surface area contributed by atoms with Crippen LogP contribution in [-0.4, -0.2) is 51.7 Å². The number of rotatable bonds is 6. The highest BCUT2D eigenvalue weighted by Gasteiger charge is 2.20. The maximum Gasteiger partial charge on any atom is 0.320 e. The van der Waals surface area contributed by atoms with E-state index >= 15 is 0 Å². The molecule has 0 rings (SSSR count). The quantitative estimate of drug-likeness (QED) is 0.594. The number of nitrogens with one attached hydrogen (secondary N) is 1. The molecule has 0 aliphatic carbocycles. The maximum absolute atomic E-state index is 11.1. The number of carbonyl (C=O) groups is 1. The van der Waals surface area contributed by atoms with E-state index in [1.807, 2.05) is 4.72 Å². The van der Waals surface area contributed by atoms with Gasteiger partial charge in [-0.05, 0) is 6.92 Å². The van der Waals surface area contributed by atoms with Crippen molar-refractivity contribution in [2.45, 2.75) is 13.0 Å². The Bertz CT molecular complexity index is 423. The molecule has 7 nitrogen and oxygen atoms in total. The van der Waals surface area contributed by atoms with Crippen LogP contribution in [0.5, 0.6) is 0 Å². The molecule has 0 saturated heterocycles. The Morgan fingerprint density at radius 3 is 2.13 bits per heavy atom. The molecule has 1 unspecified atom stereocenters. The van der Waals surface area contributed by atoms with Gasteiger partial charge in [-0.1, -0.05) is 0 Å². The molecule has 0 amide bonds. The minimum atomic E-state index is -3.97. The summed E-state index contributed by atoms with van der Waals surface area (Å²) in [7, 11) is -7.27. The largest absolute Gasteiger partial charge is 0.480 e. The van der Waals surface area contributed by atoms with Gasteiger partial charge in [-0.15, -0.1) is 0 Å². The first-order chi connectivity index (χ1) is 6.52. The molecule has 0 aliphatic heterocycles. The average Bonchev–Trinajstić information content (AvgIpc) is 1.73. The van der Waals surface area contributed by atoms with E-state index in [4.69, 9.17) is 5.11 Å². The number of sulfone groups is 1. The van der Waals surface area contributed by atoms with Crippen molar-refractivity contribution in [1.29, 1.82) is 0 Å². The standard InChI is InChI=1S/C6H13NO6S2/c1-5(3-14(2,10)11)7-15(12,13)4-6(8)9/h5,7H,3-4H2,1-2H3,(H,8,9). The van der Waals surface area contributed by atoms with E-state index < -0.39 is 37.6 Å². The first-order valence-electron chi connectivity index (χ1n) is 3.91. The molecule has 0 bridgehead atoms. The topological polar surface area (TPSA) is 118 Å². The van der Waals surface area contributed by atoms with Gasteiger partial charge in [0.15, 0.2) is 5.75 Å². The van der Waals surface area contributed by atoms with Crippen LogP contribution in [0.25, 0.3) is 0 Å². The summed E-state index contributed by atoms with van der Waals surface area (Å²) in [5, 5.41) is 8.26. The zero-order chi connectivity index (χ0) is 12.3. The lowest BCUT2D eigenvalue weighted by Crippen LogP contribution is -2.40. The summed E-state index contributed by atoms with van der Waals surface area (Å²) in [6.07, 6.45) is 0.967. The van der Waals surface area contributed by atoms with Crippen molar-refractivity contribution in [3.63, 3.8) is 0 Å². The van der Waals surface area contributed by atoms with Gasteiger partial charge in [-0.2, -0.15) is 0 Å². The number of hydrogen-bond acceptors (Lipinski definition) is 5. The van der Waals surface area contributed by atoms with Crippen molar-refractivity contribution < 1.29 is 26.7 Å². The molecule has 0 aliphatic rings. The Morgan fingerprint density at radius 1 is 1.33 bits per heavy atom. The molecule has 0 aromatic rings. The number of aliphatic carboxylic acids is 1. The molecule has 0 aromatic carbocycles. The Morgan fingerprint density at radius 2 is 1.80 bits per heavy atom. The van der Waals surface area contributed by atoms with Crippen LogP contribution in [0.15, 0.2) is 0 Å². The van der Waals surface area contributed by atoms with E-state index in [9.17, 15) is 21.6 Å². The Hall–Kier alpha value is -0.670. The number of sulfonamides is 1. The summed E-state index contributed by atoms with van der Waals surface area (Å²) in [5.74, 6) is -2.93. The fourth-order valence-corrected chi connectivity index (χ4v) is 3.20. The van der Waals surface area contributed by atoms with Crippen LogP contribution in [0.3, 0.4) is 0 Å². The maximum atomic E-state index is 11.1. The van der Waals surface area contributed by atoms with Crippen LogP contribution in [0.4, 0.5) is 0 Å². The number of hydrogen-bond donors (Lipinski definition) is 2. The lowest BCUT2D eigenvalue weighted by molar-refractivity contribution is -0.134. The van der Waals surface area contributed by atoms with Crippen molar-refractivity contribution >= 4 is 25.8 Å². The van der Waals surface area contributed by atoms with Crippen LogP contribution in [0.1, 0.15) is 6.92 Å². The van der Waals surface area contributed by atoms with Crippen LogP contribution in [0, 0.1) is 0 Å². The van der Waals surface area contributed by atoms with Crippen LogP contribution in [-0.2, 0) is 24.7 Å². The number of carboxylic acids is 1. The highest BCUT2D eigenvalue weighted by molar-refractivity contribution is 7.91. The van der Waals surface area contributed by atoms with Gasteiger partial charge in [0.1, 0.15) is 9.84 Å². The second-order valence-electron chi connectivity index (χ2n) is 3.26. The Kier molecular flexibility index (Phi) is 4.68. The first kappa shape index (κ1) is 14.3. The Labute approximate surface area is 88.5 Å². The van der Waals surface area contributed by atoms with E-state index in [1.165, 1.54) is 6.92 Å². The molecule has 9 heteroatoms. The van der Waals surface area contributed by atoms with E-state index in [2.05, 4.69) is 0 Å². The van der Waals surface area contributed by atoms with Crippen molar-refractivity contribution in [3.8, 4) is 0 Å². The second kappa shape index (κ2) is 4.90. The van der Waals surface area contributed by atoms with E-state index in [0.717, 1.165) is 6.26 Å². The summed E-state index contributed by atoms with van der Waals surface area (Å²) >= 11 is 0. The van der Waals surface area contributed by atoms with Gasteiger partial charge in [0.2, 0.25) is 10.0 Å². The van der Waals surface area contributed by atoms with Crippen molar-refractivity contribution in [3.05, 3.63) is 0 Å². The third-order valence-electron chi connectivity index (χ3n) is 1.25. The SMILES string of the molecule is CC(CS(C)(=O)=O)NS(=O)(=O)CC(=O)O. The first-order valence-corrected chi connectivity index (χ1v) is 7.62. The second-order valence-corrected chi connectivity index (χ2v) is 7.20. The monoisotopic (exact) mass is 259 g/mol. The summed E-state index contributed by atoms with van der Waals surface area (Å²) in [6, 6.07) is -0.843. The van der Waals surface area contributed by atoms with Crippen molar-refractivity contribution in [1.82, 2.24) is 4.72 Å². The fraction of sp³-hybridized carbons (Fsp3) is 0.833. The summed E-state index contributed by atoms with van der Waals surface area (Å²) in [6.45, 7) is 1.35. The molecular formula is C6H13NO6S2. The van der Waals surface area contributed by atoms with Gasteiger partial charge in [0.05, 0.1) is 5.75 Å². The molecule has 0 aromatic heterocycles. The zero-order valence-corrected chi connectivity index (χ0v) is 9.93. The van der Waals surface area contributed by atoms with Gasteiger partial charge < -0.3 is 5.11 Å². The molecule has 90 valence electrons. The van der Waals surface area contributed by atoms with Crippen molar-refractivity contribution in [2.75, 3.05) is 17.8 Å². The number of carboxylic acid groups (broad SMARTS) is 1. The zero-order valence-electron chi connectivity index (χ0n) is 8.30. The lowest BCUT2D eigenvalue weighted by Gasteiger charge is -2.11. The minimum absolute atomic E-state index is 0.369. The lowest BCUT2D eigenvalue weighted by atomic mass is 10.4. The molecule has 0 spiro atoms. The minimum Gasteiger partial charge on any atom is -0.480 e. The van der Waals surface area contributed by atoms with Gasteiger partial charge >= 0.3 is 5.97 Å². The fourth-order valence-electron chi connectivity index (χ4n) is 0.999. The van der Waals surface area contributed by atoms with Crippen LogP contribution in [0.2, 0.25) is 0 Å². The van der Waals surface area contributed by atoms with E-state index in [1.54, 1.807) is 0 Å². The Balaban J connectivity index is 4.42. The van der Waals surface area contributed by atoms with Gasteiger partial charge in [-0.3, -0.25) is 4.79 Å². The molecular weight excluding hydrogens is 246 g/mol. The van der Waals surface area contributed by atoms with Gasteiger partial charge in [-0.25, -0.2) is 21.6 Å². The third-order valence-corrected chi connectivity index (χ3v) is 3.74. The predicted octanol–water partition coefficient (Wildman–Crippen LogP) is -1.58. The summed E-state index contributed by atoms with van der Waals surface area (Å²) < 4.78 is 45.7. The van der Waals surface area contributed by atoms with Crippen LogP contribution >= 0.6 is 0 Å². The predicted molar refractivity (Wildman–Crippen MR) is 53.7 cm³/mol. The molecule has 2 N–H and O–H groups in total. The van der Waals surface area contributed by atoms with Gasteiger partial charge in [0, 0.05) is 12.3 Å². The highest BCUT2D eigenvalue weighted by atomic mass is 32.2. The van der Waals surface area contributed by atoms with E-state index in [-0.39, 0.29) is 5.75 Å². The molecule has 0 radical (unpaired) electrons. The summed E-state index contributed by atoms with van der Waals surface area (Å²) in [4.78, 5) is 10.1. The molecule has 15 heavy (non-hydrogen) atoms. The normalized spacial score (nSPS) is 14.8. The van der Waals surface area contributed by atoms with Crippen molar-refractivity contribution in [2.24, 2.45) is 0 Å². The molecule has 1 atom stereocenters. The average molecular weight is 259 g/mol. The molecule has 0 heterocycles. The third kappa shape index (κ3) is 8.33. The smallest absolute Gasteiger partial charge is 0.320 e. The molecule has 0 saturated carbocycles.